The van der Waals surface area contributed by atoms with Gasteiger partial charge in [0.2, 0.25) is 5.91 Å². The van der Waals surface area contributed by atoms with Crippen LogP contribution < -0.4 is 5.73 Å². The third kappa shape index (κ3) is 1.69. The summed E-state index contributed by atoms with van der Waals surface area (Å²) in [5.41, 5.74) is 4.30. The summed E-state index contributed by atoms with van der Waals surface area (Å²) in [5.74, 6) is -1.65. The van der Waals surface area contributed by atoms with Crippen molar-refractivity contribution in [1.82, 2.24) is 4.90 Å². The molecule has 1 rings (SSSR count). The van der Waals surface area contributed by atoms with Gasteiger partial charge in [-0.2, -0.15) is 13.2 Å². The first-order valence-corrected chi connectivity index (χ1v) is 4.05. The fraction of sp³-hybridized carbons (Fsp3) is 0.625. The summed E-state index contributed by atoms with van der Waals surface area (Å²) in [6, 6.07) is -0.897. The summed E-state index contributed by atoms with van der Waals surface area (Å²) < 4.78 is 37.1. The second-order valence-corrected chi connectivity index (χ2v) is 3.38. The quantitative estimate of drug-likeness (QED) is 0.695. The lowest BCUT2D eigenvalue weighted by Crippen LogP contribution is -2.41. The van der Waals surface area contributed by atoms with Crippen molar-refractivity contribution in [2.45, 2.75) is 19.1 Å². The lowest BCUT2D eigenvalue weighted by molar-refractivity contribution is -0.123. The standard InChI is InChI=1S/C8H11F3N2O/c1-4-5(8(9,10)11)3-13(2)6(4)7(12)14/h3-4,6H,1-2H3,(H2,12,14). The van der Waals surface area contributed by atoms with E-state index >= 15 is 0 Å². The Labute approximate surface area is 79.4 Å². The molecule has 0 saturated carbocycles. The number of hydrogen-bond acceptors (Lipinski definition) is 2. The minimum Gasteiger partial charge on any atom is -0.368 e. The zero-order valence-electron chi connectivity index (χ0n) is 7.80. The van der Waals surface area contributed by atoms with E-state index in [9.17, 15) is 18.0 Å². The molecule has 0 saturated heterocycles. The van der Waals surface area contributed by atoms with Crippen molar-refractivity contribution < 1.29 is 18.0 Å². The van der Waals surface area contributed by atoms with Crippen molar-refractivity contribution in [3.63, 3.8) is 0 Å². The molecule has 3 nitrogen and oxygen atoms in total. The molecule has 80 valence electrons. The van der Waals surface area contributed by atoms with Gasteiger partial charge in [-0.3, -0.25) is 4.79 Å². The maximum atomic E-state index is 12.4. The third-order valence-corrected chi connectivity index (χ3v) is 2.36. The third-order valence-electron chi connectivity index (χ3n) is 2.36. The molecule has 14 heavy (non-hydrogen) atoms. The molecule has 0 aromatic carbocycles. The maximum Gasteiger partial charge on any atom is 0.414 e. The van der Waals surface area contributed by atoms with Crippen LogP contribution in [-0.4, -0.2) is 30.1 Å². The highest BCUT2D eigenvalue weighted by atomic mass is 19.4. The smallest absolute Gasteiger partial charge is 0.368 e. The molecule has 0 radical (unpaired) electrons. The van der Waals surface area contributed by atoms with Gasteiger partial charge in [0.05, 0.1) is 5.57 Å². The first-order chi connectivity index (χ1) is 6.25. The van der Waals surface area contributed by atoms with Crippen LogP contribution in [0.4, 0.5) is 13.2 Å². The highest BCUT2D eigenvalue weighted by Crippen LogP contribution is 2.38. The van der Waals surface area contributed by atoms with Crippen LogP contribution in [-0.2, 0) is 4.79 Å². The van der Waals surface area contributed by atoms with E-state index in [1.807, 2.05) is 0 Å². The fourth-order valence-corrected chi connectivity index (χ4v) is 1.72. The second-order valence-electron chi connectivity index (χ2n) is 3.38. The van der Waals surface area contributed by atoms with Gasteiger partial charge in [0.1, 0.15) is 6.04 Å². The fourth-order valence-electron chi connectivity index (χ4n) is 1.72. The van der Waals surface area contributed by atoms with Crippen LogP contribution in [0.25, 0.3) is 0 Å². The maximum absolute atomic E-state index is 12.4. The van der Waals surface area contributed by atoms with E-state index in [0.29, 0.717) is 0 Å². The number of amides is 1. The molecule has 0 fully saturated rings. The van der Waals surface area contributed by atoms with Crippen molar-refractivity contribution in [3.8, 4) is 0 Å². The van der Waals surface area contributed by atoms with Crippen molar-refractivity contribution in [1.29, 1.82) is 0 Å². The minimum absolute atomic E-state index is 0.705. The van der Waals surface area contributed by atoms with Crippen molar-refractivity contribution >= 4 is 5.91 Å². The van der Waals surface area contributed by atoms with Crippen LogP contribution in [0.15, 0.2) is 11.8 Å². The van der Waals surface area contributed by atoms with Crippen LogP contribution >= 0.6 is 0 Å². The molecule has 1 aliphatic heterocycles. The van der Waals surface area contributed by atoms with Gasteiger partial charge in [0.15, 0.2) is 0 Å². The van der Waals surface area contributed by atoms with Gasteiger partial charge in [0.25, 0.3) is 0 Å². The summed E-state index contributed by atoms with van der Waals surface area (Å²) >= 11 is 0. The lowest BCUT2D eigenvalue weighted by Gasteiger charge is -2.21. The second kappa shape index (κ2) is 3.18. The van der Waals surface area contributed by atoms with E-state index in [0.717, 1.165) is 6.20 Å². The number of hydrogen-bond donors (Lipinski definition) is 1. The van der Waals surface area contributed by atoms with Gasteiger partial charge < -0.3 is 10.6 Å². The molecule has 0 aliphatic carbocycles. The first kappa shape index (κ1) is 10.9. The van der Waals surface area contributed by atoms with Crippen LogP contribution in [0, 0.1) is 5.92 Å². The predicted molar refractivity (Wildman–Crippen MR) is 44.0 cm³/mol. The average molecular weight is 208 g/mol. The number of nitrogens with two attached hydrogens (primary N) is 1. The molecule has 6 heteroatoms. The minimum atomic E-state index is -4.39. The van der Waals surface area contributed by atoms with Gasteiger partial charge in [0, 0.05) is 19.2 Å². The predicted octanol–water partition coefficient (Wildman–Crippen LogP) is 0.868. The molecule has 0 aromatic heterocycles. The summed E-state index contributed by atoms with van der Waals surface area (Å²) in [6.07, 6.45) is -3.46. The monoisotopic (exact) mass is 208 g/mol. The first-order valence-electron chi connectivity index (χ1n) is 4.05. The number of carbonyl (C=O) groups is 1. The Balaban J connectivity index is 2.95. The molecule has 1 amide bonds. The number of nitrogens with zero attached hydrogens (tertiary/aromatic N) is 1. The molecule has 0 bridgehead atoms. The zero-order valence-corrected chi connectivity index (χ0v) is 7.80. The Bertz CT molecular complexity index is 285. The van der Waals surface area contributed by atoms with Gasteiger partial charge in [-0.1, -0.05) is 6.92 Å². The Morgan fingerprint density at radius 3 is 2.29 bits per heavy atom. The topological polar surface area (TPSA) is 46.3 Å². The van der Waals surface area contributed by atoms with E-state index in [1.165, 1.54) is 18.9 Å². The number of halogens is 3. The molecule has 2 N–H and O–H groups in total. The summed E-state index contributed by atoms with van der Waals surface area (Å²) in [6.45, 7) is 1.35. The highest BCUT2D eigenvalue weighted by molar-refractivity contribution is 5.81. The normalized spacial score (nSPS) is 27.8. The summed E-state index contributed by atoms with van der Waals surface area (Å²) in [5, 5.41) is 0. The van der Waals surface area contributed by atoms with Crippen LogP contribution in [0.3, 0.4) is 0 Å². The Kier molecular flexibility index (Phi) is 2.47. The van der Waals surface area contributed by atoms with Crippen molar-refractivity contribution in [3.05, 3.63) is 11.8 Å². The van der Waals surface area contributed by atoms with Crippen LogP contribution in [0.5, 0.6) is 0 Å². The highest BCUT2D eigenvalue weighted by Gasteiger charge is 2.46. The van der Waals surface area contributed by atoms with E-state index in [-0.39, 0.29) is 0 Å². The largest absolute Gasteiger partial charge is 0.414 e. The van der Waals surface area contributed by atoms with Gasteiger partial charge >= 0.3 is 6.18 Å². The molecule has 1 aliphatic rings. The van der Waals surface area contributed by atoms with Gasteiger partial charge in [-0.05, 0) is 0 Å². The molecule has 2 atom stereocenters. The lowest BCUT2D eigenvalue weighted by atomic mass is 9.96. The van der Waals surface area contributed by atoms with E-state index in [4.69, 9.17) is 5.73 Å². The average Bonchev–Trinajstić information content (AvgIpc) is 2.24. The Hall–Kier alpha value is -1.20. The van der Waals surface area contributed by atoms with Gasteiger partial charge in [-0.25, -0.2) is 0 Å². The van der Waals surface area contributed by atoms with E-state index in [1.54, 1.807) is 0 Å². The number of primary amides is 1. The van der Waals surface area contributed by atoms with Crippen LogP contribution in [0.1, 0.15) is 6.92 Å². The van der Waals surface area contributed by atoms with Crippen LogP contribution in [0.2, 0.25) is 0 Å². The number of rotatable bonds is 1. The Morgan fingerprint density at radius 1 is 1.57 bits per heavy atom. The number of alkyl halides is 3. The molecule has 2 unspecified atom stereocenters. The van der Waals surface area contributed by atoms with E-state index in [2.05, 4.69) is 0 Å². The molecular formula is C8H11F3N2O. The van der Waals surface area contributed by atoms with Crippen molar-refractivity contribution in [2.24, 2.45) is 11.7 Å². The zero-order chi connectivity index (χ0) is 11.1. The summed E-state index contributed by atoms with van der Waals surface area (Å²) in [7, 11) is 1.41. The van der Waals surface area contributed by atoms with Gasteiger partial charge in [-0.15, -0.1) is 0 Å². The molecule has 1 heterocycles. The molecule has 0 spiro atoms. The summed E-state index contributed by atoms with van der Waals surface area (Å²) in [4.78, 5) is 12.1. The van der Waals surface area contributed by atoms with Crippen molar-refractivity contribution in [2.75, 3.05) is 7.05 Å². The van der Waals surface area contributed by atoms with E-state index < -0.39 is 29.6 Å². The molecule has 0 aromatic rings. The Morgan fingerprint density at radius 2 is 2.07 bits per heavy atom. The number of carbonyl (C=O) groups excluding carboxylic acids is 1. The number of likely N-dealkylation sites (N-methyl/N-ethyl adjacent to an activating group) is 1. The molecular weight excluding hydrogens is 197 g/mol. The SMILES string of the molecule is CC1C(C(F)(F)F)=CN(C)C1C(N)=O.